The van der Waals surface area contributed by atoms with E-state index >= 15 is 0 Å². The Kier molecular flexibility index (Phi) is 6.78. The van der Waals surface area contributed by atoms with E-state index in [2.05, 4.69) is 0 Å². The molecule has 2 aromatic rings. The number of imide groups is 1. The van der Waals surface area contributed by atoms with Gasteiger partial charge in [-0.1, -0.05) is 23.7 Å². The lowest BCUT2D eigenvalue weighted by Crippen LogP contribution is -2.40. The molecule has 11 heteroatoms. The van der Waals surface area contributed by atoms with Crippen molar-refractivity contribution in [2.24, 2.45) is 0 Å². The summed E-state index contributed by atoms with van der Waals surface area (Å²) in [7, 11) is -4.08. The molecule has 0 bridgehead atoms. The molecule has 0 radical (unpaired) electrons. The Morgan fingerprint density at radius 3 is 2.48 bits per heavy atom. The molecule has 0 atom stereocenters. The minimum atomic E-state index is -4.08. The summed E-state index contributed by atoms with van der Waals surface area (Å²) in [4.78, 5) is 40.0. The highest BCUT2D eigenvalue weighted by Crippen LogP contribution is 2.33. The van der Waals surface area contributed by atoms with Crippen LogP contribution in [0.25, 0.3) is 6.08 Å². The van der Waals surface area contributed by atoms with Gasteiger partial charge < -0.3 is 9.08 Å². The summed E-state index contributed by atoms with van der Waals surface area (Å²) in [5, 5.41) is -0.122. The van der Waals surface area contributed by atoms with Crippen LogP contribution in [0.2, 0.25) is 5.02 Å². The number of likely N-dealkylation sites (tertiary alicyclic amines) is 1. The van der Waals surface area contributed by atoms with Crippen LogP contribution in [-0.2, 0) is 19.7 Å². The quantitative estimate of drug-likeness (QED) is 0.434. The van der Waals surface area contributed by atoms with Gasteiger partial charge in [-0.05, 0) is 72.6 Å². The van der Waals surface area contributed by atoms with Crippen molar-refractivity contribution in [1.29, 1.82) is 0 Å². The largest absolute Gasteiger partial charge is 0.379 e. The van der Waals surface area contributed by atoms with E-state index in [0.717, 1.165) is 29.5 Å². The highest BCUT2D eigenvalue weighted by atomic mass is 35.5. The van der Waals surface area contributed by atoms with Crippen LogP contribution < -0.4 is 4.18 Å². The number of rotatable bonds is 6. The summed E-state index contributed by atoms with van der Waals surface area (Å²) >= 11 is 6.53. The van der Waals surface area contributed by atoms with Gasteiger partial charge in [0.2, 0.25) is 5.91 Å². The first-order valence-corrected chi connectivity index (χ1v) is 12.7. The van der Waals surface area contributed by atoms with E-state index in [1.807, 2.05) is 0 Å². The van der Waals surface area contributed by atoms with Crippen molar-refractivity contribution >= 4 is 56.6 Å². The second kappa shape index (κ2) is 9.58. The van der Waals surface area contributed by atoms with Crippen molar-refractivity contribution in [2.75, 3.05) is 19.6 Å². The van der Waals surface area contributed by atoms with Crippen LogP contribution in [0.5, 0.6) is 5.75 Å². The molecule has 0 spiro atoms. The summed E-state index contributed by atoms with van der Waals surface area (Å²) in [6.07, 6.45) is 3.30. The molecule has 2 aromatic carbocycles. The average molecular weight is 507 g/mol. The zero-order valence-corrected chi connectivity index (χ0v) is 19.7. The summed E-state index contributed by atoms with van der Waals surface area (Å²) in [5.74, 6) is -0.765. The predicted molar refractivity (Wildman–Crippen MR) is 124 cm³/mol. The van der Waals surface area contributed by atoms with E-state index in [-0.39, 0.29) is 28.0 Å². The monoisotopic (exact) mass is 506 g/mol. The fourth-order valence-electron chi connectivity index (χ4n) is 3.42. The van der Waals surface area contributed by atoms with Crippen LogP contribution >= 0.6 is 23.4 Å². The van der Waals surface area contributed by atoms with Crippen LogP contribution in [0, 0.1) is 0 Å². The fourth-order valence-corrected chi connectivity index (χ4v) is 5.31. The molecule has 2 fully saturated rings. The van der Waals surface area contributed by atoms with Crippen molar-refractivity contribution in [3.05, 3.63) is 64.0 Å². The molecule has 33 heavy (non-hydrogen) atoms. The first kappa shape index (κ1) is 23.3. The number of nitrogens with zero attached hydrogens (tertiary/aromatic N) is 2. The minimum absolute atomic E-state index is 0.0436. The van der Waals surface area contributed by atoms with Crippen LogP contribution in [0.3, 0.4) is 0 Å². The normalized spacial score (nSPS) is 17.8. The highest BCUT2D eigenvalue weighted by molar-refractivity contribution is 8.18. The van der Waals surface area contributed by atoms with Gasteiger partial charge in [0.05, 0.1) is 4.91 Å². The Labute approximate surface area is 200 Å². The van der Waals surface area contributed by atoms with E-state index in [9.17, 15) is 22.8 Å². The lowest BCUT2D eigenvalue weighted by atomic mass is 10.2. The zero-order chi connectivity index (χ0) is 23.6. The Bertz CT molecular complexity index is 1240. The number of carbonyl (C=O) groups is 3. The molecule has 2 aliphatic rings. The average Bonchev–Trinajstić information content (AvgIpc) is 3.39. The van der Waals surface area contributed by atoms with E-state index in [0.29, 0.717) is 23.7 Å². The van der Waals surface area contributed by atoms with Crippen molar-refractivity contribution < 1.29 is 27.0 Å². The standard InChI is InChI=1S/C22H19ClN2O6S2/c23-16-6-8-18(9-7-16)33(29,30)31-17-5-3-4-15(12-17)13-19-21(27)25(22(28)32-19)14-20(26)24-10-1-2-11-24/h3-9,12-13H,1-2,10-11,14H2/b19-13-. The van der Waals surface area contributed by atoms with Gasteiger partial charge in [0.1, 0.15) is 17.2 Å². The molecule has 4 rings (SSSR count). The zero-order valence-electron chi connectivity index (χ0n) is 17.3. The number of thioether (sulfide) groups is 1. The molecular formula is C22H19ClN2O6S2. The maximum atomic E-state index is 12.7. The summed E-state index contributed by atoms with van der Waals surface area (Å²) < 4.78 is 30.2. The van der Waals surface area contributed by atoms with Crippen LogP contribution in [-0.4, -0.2) is 54.9 Å². The molecule has 0 aromatic heterocycles. The SMILES string of the molecule is O=C(CN1C(=O)S/C(=C\c2cccc(OS(=O)(=O)c3ccc(Cl)cc3)c2)C1=O)N1CCCC1. The molecule has 8 nitrogen and oxygen atoms in total. The maximum absolute atomic E-state index is 12.7. The lowest BCUT2D eigenvalue weighted by Gasteiger charge is -2.18. The predicted octanol–water partition coefficient (Wildman–Crippen LogP) is 3.77. The van der Waals surface area contributed by atoms with Crippen LogP contribution in [0.15, 0.2) is 58.3 Å². The van der Waals surface area contributed by atoms with Crippen molar-refractivity contribution in [3.63, 3.8) is 0 Å². The Balaban J connectivity index is 1.48. The Hall–Kier alpha value is -2.82. The molecule has 0 N–H and O–H groups in total. The molecule has 2 saturated heterocycles. The molecule has 2 heterocycles. The number of amides is 3. The first-order chi connectivity index (χ1) is 15.7. The van der Waals surface area contributed by atoms with Crippen molar-refractivity contribution in [1.82, 2.24) is 9.80 Å². The van der Waals surface area contributed by atoms with Crippen LogP contribution in [0.4, 0.5) is 4.79 Å². The third kappa shape index (κ3) is 5.40. The van der Waals surface area contributed by atoms with E-state index in [1.54, 1.807) is 17.0 Å². The third-order valence-electron chi connectivity index (χ3n) is 5.09. The van der Waals surface area contributed by atoms with Gasteiger partial charge in [0.15, 0.2) is 0 Å². The fraction of sp³-hybridized carbons (Fsp3) is 0.227. The van der Waals surface area contributed by atoms with Gasteiger partial charge in [0.25, 0.3) is 11.1 Å². The molecular weight excluding hydrogens is 488 g/mol. The second-order valence-electron chi connectivity index (χ2n) is 7.42. The second-order valence-corrected chi connectivity index (χ2v) is 10.4. The lowest BCUT2D eigenvalue weighted by molar-refractivity contribution is -0.135. The number of hydrogen-bond acceptors (Lipinski definition) is 7. The third-order valence-corrected chi connectivity index (χ3v) is 7.51. The smallest absolute Gasteiger partial charge is 0.339 e. The van der Waals surface area contributed by atoms with Gasteiger partial charge in [-0.15, -0.1) is 0 Å². The molecule has 2 aliphatic heterocycles. The highest BCUT2D eigenvalue weighted by Gasteiger charge is 2.37. The number of hydrogen-bond donors (Lipinski definition) is 0. The number of carbonyl (C=O) groups excluding carboxylic acids is 3. The number of halogens is 1. The summed E-state index contributed by atoms with van der Waals surface area (Å²) in [5.41, 5.74) is 0.468. The summed E-state index contributed by atoms with van der Waals surface area (Å²) in [6.45, 7) is 0.984. The van der Waals surface area contributed by atoms with Crippen LogP contribution in [0.1, 0.15) is 18.4 Å². The van der Waals surface area contributed by atoms with E-state index in [4.69, 9.17) is 15.8 Å². The molecule has 0 aliphatic carbocycles. The Morgan fingerprint density at radius 1 is 1.09 bits per heavy atom. The summed E-state index contributed by atoms with van der Waals surface area (Å²) in [6, 6.07) is 11.7. The van der Waals surface area contributed by atoms with Crippen molar-refractivity contribution in [3.8, 4) is 5.75 Å². The molecule has 0 saturated carbocycles. The molecule has 172 valence electrons. The maximum Gasteiger partial charge on any atom is 0.339 e. The first-order valence-electron chi connectivity index (χ1n) is 10.1. The number of benzene rings is 2. The van der Waals surface area contributed by atoms with Crippen molar-refractivity contribution in [2.45, 2.75) is 17.7 Å². The molecule has 3 amide bonds. The van der Waals surface area contributed by atoms with Gasteiger partial charge in [-0.2, -0.15) is 8.42 Å². The minimum Gasteiger partial charge on any atom is -0.379 e. The van der Waals surface area contributed by atoms with Gasteiger partial charge in [-0.3, -0.25) is 19.3 Å². The topological polar surface area (TPSA) is 101 Å². The van der Waals surface area contributed by atoms with Gasteiger partial charge >= 0.3 is 10.1 Å². The molecule has 0 unspecified atom stereocenters. The Morgan fingerprint density at radius 2 is 1.79 bits per heavy atom. The van der Waals surface area contributed by atoms with Gasteiger partial charge in [0, 0.05) is 18.1 Å². The van der Waals surface area contributed by atoms with Gasteiger partial charge in [-0.25, -0.2) is 0 Å². The van der Waals surface area contributed by atoms with E-state index in [1.165, 1.54) is 42.5 Å². The van der Waals surface area contributed by atoms with E-state index < -0.39 is 21.3 Å².